The number of amides is 2. The normalized spacial score (nSPS) is 11.6. The highest BCUT2D eigenvalue weighted by molar-refractivity contribution is 5.79. The Kier molecular flexibility index (Phi) is 19.9. The van der Waals surface area contributed by atoms with Gasteiger partial charge in [-0.25, -0.2) is 10.9 Å². The largest absolute Gasteiger partial charge is 0.480 e. The molecular weight excluding hydrogens is 400 g/mol. The van der Waals surface area contributed by atoms with Gasteiger partial charge in [0.05, 0.1) is 0 Å². The van der Waals surface area contributed by atoms with Crippen LogP contribution in [-0.4, -0.2) is 42.3 Å². The van der Waals surface area contributed by atoms with Gasteiger partial charge in [0.25, 0.3) is 0 Å². The van der Waals surface area contributed by atoms with Gasteiger partial charge in [-0.05, 0) is 19.3 Å². The van der Waals surface area contributed by atoms with Gasteiger partial charge in [-0.15, -0.1) is 0 Å². The molecule has 0 aliphatic carbocycles. The van der Waals surface area contributed by atoms with Gasteiger partial charge in [0.1, 0.15) is 12.3 Å². The van der Waals surface area contributed by atoms with E-state index in [-0.39, 0.29) is 24.7 Å². The molecule has 0 aromatic rings. The number of carbonyl (C=O) groups is 4. The number of aldehydes is 1. The summed E-state index contributed by atoms with van der Waals surface area (Å²) < 4.78 is 0. The summed E-state index contributed by atoms with van der Waals surface area (Å²) in [7, 11) is 1.55. The maximum atomic E-state index is 11.9. The van der Waals surface area contributed by atoms with Crippen LogP contribution in [0.15, 0.2) is 0 Å². The van der Waals surface area contributed by atoms with Crippen LogP contribution in [0.25, 0.3) is 0 Å². The number of carbonyl (C=O) groups excluding carboxylic acids is 3. The van der Waals surface area contributed by atoms with E-state index >= 15 is 0 Å². The molecular formula is C22H42N4O5. The Bertz CT molecular complexity index is 502. The van der Waals surface area contributed by atoms with E-state index in [1.807, 2.05) is 0 Å². The average Bonchev–Trinajstić information content (AvgIpc) is 2.73. The number of hydrogen-bond donors (Lipinski definition) is 5. The topological polar surface area (TPSA) is 137 Å². The van der Waals surface area contributed by atoms with E-state index in [0.717, 1.165) is 38.4 Å². The van der Waals surface area contributed by atoms with Crippen LogP contribution in [0.1, 0.15) is 103 Å². The Hall–Kier alpha value is -2.00. The van der Waals surface area contributed by atoms with Gasteiger partial charge in [0, 0.05) is 26.3 Å². The quantitative estimate of drug-likeness (QED) is 0.0987. The fraction of sp³-hybridized carbons (Fsp3) is 0.818. The van der Waals surface area contributed by atoms with Crippen molar-refractivity contribution in [2.45, 2.75) is 109 Å². The second-order valence-corrected chi connectivity index (χ2v) is 7.87. The Labute approximate surface area is 186 Å². The van der Waals surface area contributed by atoms with Crippen LogP contribution < -0.4 is 21.7 Å². The van der Waals surface area contributed by atoms with E-state index in [1.54, 1.807) is 7.05 Å². The third-order valence-corrected chi connectivity index (χ3v) is 5.08. The molecule has 0 radical (unpaired) electrons. The number of hydrogen-bond acceptors (Lipinski definition) is 6. The molecule has 9 nitrogen and oxygen atoms in total. The lowest BCUT2D eigenvalue weighted by Gasteiger charge is -2.15. The van der Waals surface area contributed by atoms with E-state index in [4.69, 9.17) is 5.11 Å². The predicted molar refractivity (Wildman–Crippen MR) is 120 cm³/mol. The average molecular weight is 443 g/mol. The van der Waals surface area contributed by atoms with Crippen molar-refractivity contribution in [1.29, 1.82) is 0 Å². The highest BCUT2D eigenvalue weighted by Gasteiger charge is 2.19. The van der Waals surface area contributed by atoms with Gasteiger partial charge in [-0.2, -0.15) is 0 Å². The van der Waals surface area contributed by atoms with Gasteiger partial charge in [-0.1, -0.05) is 64.2 Å². The fourth-order valence-electron chi connectivity index (χ4n) is 3.25. The predicted octanol–water partition coefficient (Wildman–Crippen LogP) is 2.75. The first-order valence-corrected chi connectivity index (χ1v) is 11.7. The molecule has 0 unspecified atom stereocenters. The van der Waals surface area contributed by atoms with E-state index in [0.29, 0.717) is 12.8 Å². The smallest absolute Gasteiger partial charge is 0.322 e. The van der Waals surface area contributed by atoms with Gasteiger partial charge in [-0.3, -0.25) is 25.2 Å². The second kappa shape index (κ2) is 21.2. The highest BCUT2D eigenvalue weighted by atomic mass is 16.4. The number of unbranched alkanes of at least 4 members (excludes halogenated alkanes) is 12. The lowest BCUT2D eigenvalue weighted by atomic mass is 10.0. The first kappa shape index (κ1) is 29.0. The lowest BCUT2D eigenvalue weighted by Crippen LogP contribution is -2.48. The maximum absolute atomic E-state index is 11.9. The Morgan fingerprint density at radius 2 is 1.23 bits per heavy atom. The summed E-state index contributed by atoms with van der Waals surface area (Å²) in [5.41, 5.74) is 9.79. The number of rotatable bonds is 22. The summed E-state index contributed by atoms with van der Waals surface area (Å²) in [5.74, 6) is -1.66. The van der Waals surface area contributed by atoms with Gasteiger partial charge in [0.2, 0.25) is 11.8 Å². The number of carboxylic acid groups (broad SMARTS) is 1. The molecule has 0 spiro atoms. The van der Waals surface area contributed by atoms with E-state index in [9.17, 15) is 19.2 Å². The van der Waals surface area contributed by atoms with Crippen molar-refractivity contribution >= 4 is 24.1 Å². The second-order valence-electron chi connectivity index (χ2n) is 7.87. The first-order valence-electron chi connectivity index (χ1n) is 11.7. The standard InChI is InChI=1S/C22H42N4O5/c1-23-25-21(29)17-16-19(22(30)31)24-26-20(28)15-13-11-9-7-5-3-2-4-6-8-10-12-14-18-27/h18-19,23-24H,2-17H2,1H3,(H,25,29)(H,26,28)(H,30,31)/t19-/m0/s1. The summed E-state index contributed by atoms with van der Waals surface area (Å²) >= 11 is 0. The number of nitrogens with one attached hydrogen (secondary N) is 4. The van der Waals surface area contributed by atoms with Crippen LogP contribution in [0.2, 0.25) is 0 Å². The zero-order valence-corrected chi connectivity index (χ0v) is 19.0. The van der Waals surface area contributed by atoms with Crippen LogP contribution >= 0.6 is 0 Å². The van der Waals surface area contributed by atoms with Crippen LogP contribution in [0.5, 0.6) is 0 Å². The summed E-state index contributed by atoms with van der Waals surface area (Å²) in [5, 5.41) is 9.16. The van der Waals surface area contributed by atoms with Crippen LogP contribution in [0.3, 0.4) is 0 Å². The van der Waals surface area contributed by atoms with Crippen molar-refractivity contribution in [3.8, 4) is 0 Å². The van der Waals surface area contributed by atoms with E-state index < -0.39 is 12.0 Å². The molecule has 9 heteroatoms. The third kappa shape index (κ3) is 19.7. The lowest BCUT2D eigenvalue weighted by molar-refractivity contribution is -0.140. The van der Waals surface area contributed by atoms with Crippen molar-refractivity contribution in [3.05, 3.63) is 0 Å². The molecule has 0 aromatic carbocycles. The first-order chi connectivity index (χ1) is 15.0. The van der Waals surface area contributed by atoms with Crippen molar-refractivity contribution in [3.63, 3.8) is 0 Å². The molecule has 0 saturated heterocycles. The monoisotopic (exact) mass is 442 g/mol. The van der Waals surface area contributed by atoms with Crippen LogP contribution in [-0.2, 0) is 19.2 Å². The third-order valence-electron chi connectivity index (χ3n) is 5.08. The number of carboxylic acids is 1. The minimum absolute atomic E-state index is 0.0298. The van der Waals surface area contributed by atoms with Crippen LogP contribution in [0.4, 0.5) is 0 Å². The molecule has 0 aliphatic rings. The molecule has 0 bridgehead atoms. The zero-order valence-electron chi connectivity index (χ0n) is 19.0. The molecule has 0 aliphatic heterocycles. The molecule has 0 rings (SSSR count). The summed E-state index contributed by atoms with van der Waals surface area (Å²) in [6, 6.07) is -1.01. The van der Waals surface area contributed by atoms with Gasteiger partial charge in [0.15, 0.2) is 0 Å². The molecule has 0 heterocycles. The summed E-state index contributed by atoms with van der Waals surface area (Å²) in [4.78, 5) is 44.7. The van der Waals surface area contributed by atoms with Gasteiger partial charge < -0.3 is 9.90 Å². The summed E-state index contributed by atoms with van der Waals surface area (Å²) in [6.45, 7) is 0. The molecule has 0 fully saturated rings. The van der Waals surface area contributed by atoms with Crippen molar-refractivity contribution in [2.24, 2.45) is 0 Å². The van der Waals surface area contributed by atoms with E-state index in [1.165, 1.54) is 44.9 Å². The Morgan fingerprint density at radius 3 is 1.71 bits per heavy atom. The minimum atomic E-state index is -1.12. The molecule has 31 heavy (non-hydrogen) atoms. The van der Waals surface area contributed by atoms with Gasteiger partial charge >= 0.3 is 5.97 Å². The van der Waals surface area contributed by atoms with Crippen molar-refractivity contribution in [1.82, 2.24) is 21.7 Å². The molecule has 0 aromatic heterocycles. The maximum Gasteiger partial charge on any atom is 0.322 e. The molecule has 5 N–H and O–H groups in total. The molecule has 1 atom stereocenters. The highest BCUT2D eigenvalue weighted by Crippen LogP contribution is 2.12. The van der Waals surface area contributed by atoms with E-state index in [2.05, 4.69) is 21.7 Å². The SMILES string of the molecule is CNNC(=O)CC[C@H](NNC(=O)CCCCCCCCCCCCCCC=O)C(=O)O. The zero-order chi connectivity index (χ0) is 23.2. The Morgan fingerprint density at radius 1 is 0.742 bits per heavy atom. The molecule has 0 saturated carbocycles. The van der Waals surface area contributed by atoms with Crippen LogP contribution in [0, 0.1) is 0 Å². The minimum Gasteiger partial charge on any atom is -0.480 e. The Balaban J connectivity index is 3.56. The molecule has 2 amide bonds. The number of hydrazine groups is 2. The summed E-state index contributed by atoms with van der Waals surface area (Å²) in [6.07, 6.45) is 15.9. The molecule has 180 valence electrons. The van der Waals surface area contributed by atoms with Crippen molar-refractivity contribution in [2.75, 3.05) is 7.05 Å². The fourth-order valence-corrected chi connectivity index (χ4v) is 3.25. The number of aliphatic carboxylic acids is 1. The van der Waals surface area contributed by atoms with Crippen molar-refractivity contribution < 1.29 is 24.3 Å².